The molecule has 1 aromatic rings. The van der Waals surface area contributed by atoms with Gasteiger partial charge in [-0.2, -0.15) is 13.2 Å². The molecule has 0 atom stereocenters. The molecule has 0 radical (unpaired) electrons. The van der Waals surface area contributed by atoms with Crippen molar-refractivity contribution in [2.45, 2.75) is 19.0 Å². The number of benzene rings is 1. The zero-order chi connectivity index (χ0) is 13.0. The normalized spacial score (nSPS) is 17.1. The van der Waals surface area contributed by atoms with Crippen LogP contribution in [0.3, 0.4) is 0 Å². The maximum Gasteiger partial charge on any atom is 0.418 e. The van der Waals surface area contributed by atoms with E-state index in [0.29, 0.717) is 6.54 Å². The summed E-state index contributed by atoms with van der Waals surface area (Å²) in [7, 11) is 0. The Morgan fingerprint density at radius 1 is 1.11 bits per heavy atom. The van der Waals surface area contributed by atoms with Crippen molar-refractivity contribution in [2.75, 3.05) is 31.5 Å². The minimum Gasteiger partial charge on any atom is -0.383 e. The van der Waals surface area contributed by atoms with E-state index in [1.807, 2.05) is 0 Å². The molecule has 1 N–H and O–H groups in total. The molecule has 0 saturated carbocycles. The number of hydrogen-bond acceptors (Lipinski definition) is 2. The van der Waals surface area contributed by atoms with Crippen LogP contribution in [0.1, 0.15) is 18.4 Å². The number of hydrogen-bond donors (Lipinski definition) is 1. The van der Waals surface area contributed by atoms with Gasteiger partial charge >= 0.3 is 6.18 Å². The van der Waals surface area contributed by atoms with Crippen molar-refractivity contribution in [3.8, 4) is 0 Å². The summed E-state index contributed by atoms with van der Waals surface area (Å²) in [5.41, 5.74) is -0.421. The number of anilines is 1. The molecule has 0 bridgehead atoms. The van der Waals surface area contributed by atoms with Gasteiger partial charge in [0.1, 0.15) is 0 Å². The molecular weight excluding hydrogens is 241 g/mol. The predicted molar refractivity (Wildman–Crippen MR) is 65.6 cm³/mol. The largest absolute Gasteiger partial charge is 0.418 e. The molecule has 1 saturated heterocycles. The average Bonchev–Trinajstić information content (AvgIpc) is 2.81. The van der Waals surface area contributed by atoms with Crippen LogP contribution in [0, 0.1) is 0 Å². The van der Waals surface area contributed by atoms with Crippen LogP contribution in [0.2, 0.25) is 0 Å². The lowest BCUT2D eigenvalue weighted by Gasteiger charge is -2.17. The van der Waals surface area contributed by atoms with Gasteiger partial charge in [0.25, 0.3) is 0 Å². The molecule has 2 nitrogen and oxygen atoms in total. The van der Waals surface area contributed by atoms with Gasteiger partial charge in [-0.3, -0.25) is 0 Å². The summed E-state index contributed by atoms with van der Waals surface area (Å²) in [6.45, 7) is 3.46. The van der Waals surface area contributed by atoms with Crippen molar-refractivity contribution in [2.24, 2.45) is 0 Å². The molecule has 1 aromatic carbocycles. The summed E-state index contributed by atoms with van der Waals surface area (Å²) < 4.78 is 38.2. The molecule has 0 aliphatic carbocycles. The Bertz CT molecular complexity index is 384. The highest BCUT2D eigenvalue weighted by atomic mass is 19.4. The smallest absolute Gasteiger partial charge is 0.383 e. The first-order valence-corrected chi connectivity index (χ1v) is 6.20. The number of rotatable bonds is 4. The van der Waals surface area contributed by atoms with Crippen molar-refractivity contribution in [3.63, 3.8) is 0 Å². The van der Waals surface area contributed by atoms with Gasteiger partial charge in [0, 0.05) is 18.8 Å². The minimum atomic E-state index is -4.29. The molecule has 5 heteroatoms. The number of alkyl halides is 3. The maximum atomic E-state index is 12.7. The Labute approximate surface area is 105 Å². The monoisotopic (exact) mass is 258 g/mol. The van der Waals surface area contributed by atoms with E-state index in [0.717, 1.165) is 25.7 Å². The number of likely N-dealkylation sites (tertiary alicyclic amines) is 1. The molecule has 1 fully saturated rings. The van der Waals surface area contributed by atoms with E-state index in [2.05, 4.69) is 10.2 Å². The van der Waals surface area contributed by atoms with Gasteiger partial charge in [-0.1, -0.05) is 12.1 Å². The molecular formula is C13H17F3N2. The van der Waals surface area contributed by atoms with E-state index in [-0.39, 0.29) is 5.69 Å². The van der Waals surface area contributed by atoms with E-state index in [9.17, 15) is 13.2 Å². The third-order valence-corrected chi connectivity index (χ3v) is 3.17. The topological polar surface area (TPSA) is 15.3 Å². The number of para-hydroxylation sites is 1. The lowest BCUT2D eigenvalue weighted by Crippen LogP contribution is -2.26. The van der Waals surface area contributed by atoms with E-state index in [4.69, 9.17) is 0 Å². The Kier molecular flexibility index (Phi) is 4.11. The second-order valence-corrected chi connectivity index (χ2v) is 4.52. The van der Waals surface area contributed by atoms with Gasteiger partial charge in [0.15, 0.2) is 0 Å². The second kappa shape index (κ2) is 5.61. The summed E-state index contributed by atoms with van der Waals surface area (Å²) in [5, 5.41) is 2.89. The van der Waals surface area contributed by atoms with Crippen LogP contribution >= 0.6 is 0 Å². The molecule has 0 amide bonds. The molecule has 1 aliphatic rings. The second-order valence-electron chi connectivity index (χ2n) is 4.52. The first-order valence-electron chi connectivity index (χ1n) is 6.20. The van der Waals surface area contributed by atoms with Crippen molar-refractivity contribution in [3.05, 3.63) is 29.8 Å². The standard InChI is InChI=1S/C13H17F3N2/c14-13(15,16)11-5-1-2-6-12(11)17-7-10-18-8-3-4-9-18/h1-2,5-6,17H,3-4,7-10H2. The highest BCUT2D eigenvalue weighted by Gasteiger charge is 2.32. The lowest BCUT2D eigenvalue weighted by molar-refractivity contribution is -0.136. The van der Waals surface area contributed by atoms with E-state index in [1.54, 1.807) is 6.07 Å². The zero-order valence-electron chi connectivity index (χ0n) is 10.1. The number of halogens is 3. The van der Waals surface area contributed by atoms with Crippen LogP contribution in [0.4, 0.5) is 18.9 Å². The third-order valence-electron chi connectivity index (χ3n) is 3.17. The van der Waals surface area contributed by atoms with Gasteiger partial charge in [-0.15, -0.1) is 0 Å². The molecule has 1 heterocycles. The van der Waals surface area contributed by atoms with Crippen LogP contribution in [0.15, 0.2) is 24.3 Å². The molecule has 0 spiro atoms. The van der Waals surface area contributed by atoms with Crippen molar-refractivity contribution in [1.29, 1.82) is 0 Å². The Hall–Kier alpha value is -1.23. The summed E-state index contributed by atoms with van der Waals surface area (Å²) >= 11 is 0. The van der Waals surface area contributed by atoms with Gasteiger partial charge < -0.3 is 10.2 Å². The molecule has 0 aromatic heterocycles. The van der Waals surface area contributed by atoms with E-state index >= 15 is 0 Å². The number of nitrogens with one attached hydrogen (secondary N) is 1. The van der Waals surface area contributed by atoms with Crippen LogP contribution in [-0.4, -0.2) is 31.1 Å². The highest BCUT2D eigenvalue weighted by Crippen LogP contribution is 2.34. The minimum absolute atomic E-state index is 0.171. The molecule has 0 unspecified atom stereocenters. The quantitative estimate of drug-likeness (QED) is 0.892. The van der Waals surface area contributed by atoms with Crippen LogP contribution < -0.4 is 5.32 Å². The van der Waals surface area contributed by atoms with Gasteiger partial charge in [0.2, 0.25) is 0 Å². The number of nitrogens with zero attached hydrogens (tertiary/aromatic N) is 1. The Morgan fingerprint density at radius 3 is 2.44 bits per heavy atom. The molecule has 100 valence electrons. The SMILES string of the molecule is FC(F)(F)c1ccccc1NCCN1CCCC1. The Balaban J connectivity index is 1.92. The van der Waals surface area contributed by atoms with Crippen molar-refractivity contribution < 1.29 is 13.2 Å². The average molecular weight is 258 g/mol. The summed E-state index contributed by atoms with van der Waals surface area (Å²) in [5.74, 6) is 0. The summed E-state index contributed by atoms with van der Waals surface area (Å²) in [4.78, 5) is 2.27. The highest BCUT2D eigenvalue weighted by molar-refractivity contribution is 5.52. The fourth-order valence-corrected chi connectivity index (χ4v) is 2.24. The molecule has 2 rings (SSSR count). The van der Waals surface area contributed by atoms with E-state index in [1.165, 1.54) is 25.0 Å². The molecule has 1 aliphatic heterocycles. The third kappa shape index (κ3) is 3.38. The first-order chi connectivity index (χ1) is 8.57. The van der Waals surface area contributed by atoms with Crippen molar-refractivity contribution in [1.82, 2.24) is 4.90 Å². The fourth-order valence-electron chi connectivity index (χ4n) is 2.24. The van der Waals surface area contributed by atoms with Crippen LogP contribution in [0.25, 0.3) is 0 Å². The maximum absolute atomic E-state index is 12.7. The van der Waals surface area contributed by atoms with Gasteiger partial charge in [-0.05, 0) is 38.1 Å². The molecule has 18 heavy (non-hydrogen) atoms. The summed E-state index contributed by atoms with van der Waals surface area (Å²) in [6.07, 6.45) is -1.91. The van der Waals surface area contributed by atoms with Crippen molar-refractivity contribution >= 4 is 5.69 Å². The first kappa shape index (κ1) is 13.2. The fraction of sp³-hybridized carbons (Fsp3) is 0.538. The predicted octanol–water partition coefficient (Wildman–Crippen LogP) is 3.21. The van der Waals surface area contributed by atoms with E-state index < -0.39 is 11.7 Å². The lowest BCUT2D eigenvalue weighted by atomic mass is 10.1. The zero-order valence-corrected chi connectivity index (χ0v) is 10.1. The van der Waals surface area contributed by atoms with Gasteiger partial charge in [0.05, 0.1) is 5.56 Å². The van der Waals surface area contributed by atoms with Gasteiger partial charge in [-0.25, -0.2) is 0 Å². The van der Waals surface area contributed by atoms with Crippen LogP contribution in [-0.2, 0) is 6.18 Å². The Morgan fingerprint density at radius 2 is 1.78 bits per heavy atom. The van der Waals surface area contributed by atoms with Crippen LogP contribution in [0.5, 0.6) is 0 Å². The summed E-state index contributed by atoms with van der Waals surface area (Å²) in [6, 6.07) is 5.62.